The van der Waals surface area contributed by atoms with Gasteiger partial charge in [-0.1, -0.05) is 36.4 Å². The molecule has 1 aromatic heterocycles. The molecule has 8 nitrogen and oxygen atoms in total. The summed E-state index contributed by atoms with van der Waals surface area (Å²) in [7, 11) is 5.47. The van der Waals surface area contributed by atoms with E-state index in [4.69, 9.17) is 9.47 Å². The summed E-state index contributed by atoms with van der Waals surface area (Å²) in [6, 6.07) is 16.6. The number of tetrazole rings is 1. The average molecular weight is 459 g/mol. The van der Waals surface area contributed by atoms with Gasteiger partial charge in [-0.15, -0.1) is 17.5 Å². The summed E-state index contributed by atoms with van der Waals surface area (Å²) >= 11 is 0. The van der Waals surface area contributed by atoms with Crippen LogP contribution in [0, 0.1) is 0 Å². The van der Waals surface area contributed by atoms with E-state index in [-0.39, 0.29) is 18.4 Å². The maximum atomic E-state index is 5.44. The Morgan fingerprint density at radius 3 is 2.34 bits per heavy atom. The van der Waals surface area contributed by atoms with Crippen molar-refractivity contribution in [2.24, 2.45) is 0 Å². The molecule has 1 fully saturated rings. The topological polar surface area (TPSA) is 68.5 Å². The largest absolute Gasteiger partial charge is 0.493 e. The Hall–Kier alpha value is -2.68. The van der Waals surface area contributed by atoms with Crippen molar-refractivity contribution in [2.45, 2.75) is 19.0 Å². The Kier molecular flexibility index (Phi) is 8.44. The number of nitrogens with zero attached hydrogens (tertiary/aromatic N) is 6. The molecule has 3 aromatic rings. The number of aromatic nitrogens is 4. The average Bonchev–Trinajstić information content (AvgIpc) is 3.27. The number of methoxy groups -OCH3 is 2. The number of hydrogen-bond donors (Lipinski definition) is 0. The van der Waals surface area contributed by atoms with E-state index in [0.717, 1.165) is 55.5 Å². The number of halogens is 1. The number of benzene rings is 2. The maximum Gasteiger partial charge on any atom is 0.173 e. The van der Waals surface area contributed by atoms with E-state index in [1.54, 1.807) is 14.2 Å². The van der Waals surface area contributed by atoms with Gasteiger partial charge in [0.2, 0.25) is 0 Å². The number of rotatable bonds is 8. The molecule has 1 atom stereocenters. The van der Waals surface area contributed by atoms with E-state index in [0.29, 0.717) is 6.54 Å². The summed E-state index contributed by atoms with van der Waals surface area (Å²) < 4.78 is 12.7. The van der Waals surface area contributed by atoms with Gasteiger partial charge in [0, 0.05) is 32.7 Å². The Balaban J connectivity index is 0.00000289. The summed E-state index contributed by atoms with van der Waals surface area (Å²) in [6.07, 6.45) is 0.794. The van der Waals surface area contributed by atoms with Gasteiger partial charge in [0.1, 0.15) is 0 Å². The molecule has 172 valence electrons. The molecule has 0 bridgehead atoms. The maximum absolute atomic E-state index is 5.44. The first-order chi connectivity index (χ1) is 15.2. The van der Waals surface area contributed by atoms with Crippen molar-refractivity contribution in [3.8, 4) is 11.5 Å². The molecule has 1 saturated heterocycles. The van der Waals surface area contributed by atoms with Crippen molar-refractivity contribution < 1.29 is 9.47 Å². The first kappa shape index (κ1) is 24.0. The minimum Gasteiger partial charge on any atom is -0.493 e. The lowest BCUT2D eigenvalue weighted by Gasteiger charge is -2.37. The molecular formula is C23H31ClN6O2. The molecule has 1 unspecified atom stereocenters. The van der Waals surface area contributed by atoms with Crippen LogP contribution in [-0.2, 0) is 13.0 Å². The van der Waals surface area contributed by atoms with Crippen molar-refractivity contribution in [3.05, 3.63) is 65.5 Å². The standard InChI is InChI=1S/C23H30N6O2.ClH/c1-27-13-15-28(16-14-27)22(19-7-5-4-6-8-19)23-24-25-26-29(23)12-11-18-9-10-20(30-2)21(17-18)31-3;/h4-10,17,22H,11-16H2,1-3H3;1H. The molecule has 0 saturated carbocycles. The quantitative estimate of drug-likeness (QED) is 0.514. The number of piperazine rings is 1. The Labute approximate surface area is 195 Å². The summed E-state index contributed by atoms with van der Waals surface area (Å²) in [5.74, 6) is 2.35. The third kappa shape index (κ3) is 5.38. The Bertz CT molecular complexity index is 976. The first-order valence-corrected chi connectivity index (χ1v) is 10.6. The van der Waals surface area contributed by atoms with Crippen LogP contribution in [0.25, 0.3) is 0 Å². The van der Waals surface area contributed by atoms with Gasteiger partial charge in [0.25, 0.3) is 0 Å². The fourth-order valence-corrected chi connectivity index (χ4v) is 4.08. The van der Waals surface area contributed by atoms with Crippen molar-refractivity contribution in [2.75, 3.05) is 47.4 Å². The first-order valence-electron chi connectivity index (χ1n) is 10.6. The Morgan fingerprint density at radius 1 is 0.938 bits per heavy atom. The molecule has 2 aromatic carbocycles. The van der Waals surface area contributed by atoms with E-state index in [1.807, 2.05) is 22.9 Å². The highest BCUT2D eigenvalue weighted by molar-refractivity contribution is 5.85. The van der Waals surface area contributed by atoms with Crippen molar-refractivity contribution in [3.63, 3.8) is 0 Å². The zero-order valence-corrected chi connectivity index (χ0v) is 19.7. The second kappa shape index (κ2) is 11.3. The van der Waals surface area contributed by atoms with Gasteiger partial charge in [0.05, 0.1) is 20.3 Å². The number of ether oxygens (including phenoxy) is 2. The van der Waals surface area contributed by atoms with Crippen LogP contribution < -0.4 is 9.47 Å². The molecule has 2 heterocycles. The second-order valence-electron chi connectivity index (χ2n) is 7.85. The Morgan fingerprint density at radius 2 is 1.66 bits per heavy atom. The summed E-state index contributed by atoms with van der Waals surface area (Å²) in [4.78, 5) is 4.84. The van der Waals surface area contributed by atoms with E-state index in [9.17, 15) is 0 Å². The molecule has 0 spiro atoms. The van der Waals surface area contributed by atoms with Crippen LogP contribution in [0.4, 0.5) is 0 Å². The van der Waals surface area contributed by atoms with Crippen LogP contribution in [0.5, 0.6) is 11.5 Å². The van der Waals surface area contributed by atoms with E-state index >= 15 is 0 Å². The molecular weight excluding hydrogens is 428 g/mol. The van der Waals surface area contributed by atoms with E-state index < -0.39 is 0 Å². The predicted octanol–water partition coefficient (Wildman–Crippen LogP) is 2.69. The van der Waals surface area contributed by atoms with Crippen LogP contribution in [0.2, 0.25) is 0 Å². The van der Waals surface area contributed by atoms with Crippen LogP contribution in [0.3, 0.4) is 0 Å². The molecule has 4 rings (SSSR count). The zero-order valence-electron chi connectivity index (χ0n) is 18.8. The zero-order chi connectivity index (χ0) is 21.6. The summed E-state index contributed by atoms with van der Waals surface area (Å²) in [6.45, 7) is 4.74. The number of aryl methyl sites for hydroxylation is 2. The number of hydrogen-bond acceptors (Lipinski definition) is 7. The monoisotopic (exact) mass is 458 g/mol. The smallest absolute Gasteiger partial charge is 0.173 e. The summed E-state index contributed by atoms with van der Waals surface area (Å²) in [5, 5.41) is 12.8. The van der Waals surface area contributed by atoms with Gasteiger partial charge in [-0.25, -0.2) is 4.68 Å². The van der Waals surface area contributed by atoms with Crippen molar-refractivity contribution in [1.82, 2.24) is 30.0 Å². The van der Waals surface area contributed by atoms with Gasteiger partial charge >= 0.3 is 0 Å². The normalized spacial score (nSPS) is 15.7. The SMILES string of the molecule is COc1ccc(CCn2nnnc2C(c2ccccc2)N2CCN(C)CC2)cc1OC.Cl. The fraction of sp³-hybridized carbons (Fsp3) is 0.435. The van der Waals surface area contributed by atoms with E-state index in [1.165, 1.54) is 5.56 Å². The predicted molar refractivity (Wildman–Crippen MR) is 126 cm³/mol. The van der Waals surface area contributed by atoms with Crippen LogP contribution >= 0.6 is 12.4 Å². The lowest BCUT2D eigenvalue weighted by atomic mass is 10.0. The van der Waals surface area contributed by atoms with E-state index in [2.05, 4.69) is 62.7 Å². The van der Waals surface area contributed by atoms with Crippen LogP contribution in [0.1, 0.15) is 23.0 Å². The van der Waals surface area contributed by atoms with Gasteiger partial charge in [-0.05, 0) is 47.2 Å². The highest BCUT2D eigenvalue weighted by Gasteiger charge is 2.29. The van der Waals surface area contributed by atoms with Crippen LogP contribution in [0.15, 0.2) is 48.5 Å². The van der Waals surface area contributed by atoms with Crippen LogP contribution in [-0.4, -0.2) is 77.5 Å². The fourth-order valence-electron chi connectivity index (χ4n) is 4.08. The molecule has 0 N–H and O–H groups in total. The number of likely N-dealkylation sites (N-methyl/N-ethyl adjacent to an activating group) is 1. The van der Waals surface area contributed by atoms with Gasteiger partial charge in [-0.2, -0.15) is 0 Å². The summed E-state index contributed by atoms with van der Waals surface area (Å²) in [5.41, 5.74) is 2.36. The minimum atomic E-state index is 0. The highest BCUT2D eigenvalue weighted by atomic mass is 35.5. The lowest BCUT2D eigenvalue weighted by molar-refractivity contribution is 0.121. The third-order valence-corrected chi connectivity index (χ3v) is 5.88. The molecule has 1 aliphatic rings. The van der Waals surface area contributed by atoms with Gasteiger partial charge in [0.15, 0.2) is 17.3 Å². The third-order valence-electron chi connectivity index (χ3n) is 5.88. The molecule has 0 radical (unpaired) electrons. The van der Waals surface area contributed by atoms with Gasteiger partial charge < -0.3 is 14.4 Å². The lowest BCUT2D eigenvalue weighted by Crippen LogP contribution is -2.46. The van der Waals surface area contributed by atoms with Crippen molar-refractivity contribution in [1.29, 1.82) is 0 Å². The minimum absolute atomic E-state index is 0. The molecule has 0 amide bonds. The second-order valence-corrected chi connectivity index (χ2v) is 7.85. The molecule has 32 heavy (non-hydrogen) atoms. The van der Waals surface area contributed by atoms with Gasteiger partial charge in [-0.3, -0.25) is 4.90 Å². The van der Waals surface area contributed by atoms with Crippen molar-refractivity contribution >= 4 is 12.4 Å². The molecule has 9 heteroatoms. The molecule has 1 aliphatic heterocycles. The molecule has 0 aliphatic carbocycles. The highest BCUT2D eigenvalue weighted by Crippen LogP contribution is 2.29.